The highest BCUT2D eigenvalue weighted by Gasteiger charge is 2.05. The first-order valence-electron chi connectivity index (χ1n) is 3.72. The second kappa shape index (κ2) is 6.17. The summed E-state index contributed by atoms with van der Waals surface area (Å²) in [4.78, 5) is 1.82. The number of aliphatic hydroxyl groups excluding tert-OH is 1. The van der Waals surface area contributed by atoms with Gasteiger partial charge in [-0.25, -0.2) is 0 Å². The second-order valence-corrected chi connectivity index (χ2v) is 2.42. The summed E-state index contributed by atoms with van der Waals surface area (Å²) in [5.41, 5.74) is 0. The third kappa shape index (κ3) is 5.86. The van der Waals surface area contributed by atoms with Crippen LogP contribution in [0.2, 0.25) is 0 Å². The van der Waals surface area contributed by atoms with Crippen LogP contribution in [0.25, 0.3) is 0 Å². The predicted octanol–water partition coefficient (Wildman–Crippen LogP) is -0.358. The van der Waals surface area contributed by atoms with Gasteiger partial charge in [0.05, 0.1) is 6.54 Å². The van der Waals surface area contributed by atoms with Gasteiger partial charge in [0.2, 0.25) is 0 Å². The molecule has 0 atom stereocenters. The van der Waals surface area contributed by atoms with Gasteiger partial charge in [0.15, 0.2) is 6.29 Å². The minimum absolute atomic E-state index is 0.234. The first-order valence-corrected chi connectivity index (χ1v) is 3.72. The lowest BCUT2D eigenvalue weighted by Gasteiger charge is -2.19. The van der Waals surface area contributed by atoms with Crippen LogP contribution in [-0.4, -0.2) is 41.0 Å². The van der Waals surface area contributed by atoms with Gasteiger partial charge >= 0.3 is 0 Å². The van der Waals surface area contributed by atoms with Crippen molar-refractivity contribution in [3.8, 4) is 12.3 Å². The first kappa shape index (κ1) is 10.4. The lowest BCUT2D eigenvalue weighted by molar-refractivity contribution is -0.0591. The van der Waals surface area contributed by atoms with Gasteiger partial charge in [-0.1, -0.05) is 12.8 Å². The highest BCUT2D eigenvalue weighted by Crippen LogP contribution is 1.91. The van der Waals surface area contributed by atoms with Crippen molar-refractivity contribution in [2.45, 2.75) is 19.6 Å². The van der Waals surface area contributed by atoms with Crippen LogP contribution in [0.4, 0.5) is 0 Å². The Balaban J connectivity index is 3.61. The van der Waals surface area contributed by atoms with E-state index in [0.717, 1.165) is 13.0 Å². The van der Waals surface area contributed by atoms with E-state index in [-0.39, 0.29) is 6.54 Å². The smallest absolute Gasteiger partial charge is 0.164 e. The van der Waals surface area contributed by atoms with Crippen LogP contribution in [0.3, 0.4) is 0 Å². The molecule has 0 aromatic rings. The van der Waals surface area contributed by atoms with Crippen LogP contribution < -0.4 is 0 Å². The number of hydrogen-bond acceptors (Lipinski definition) is 3. The fourth-order valence-corrected chi connectivity index (χ4v) is 0.911. The lowest BCUT2D eigenvalue weighted by Crippen LogP contribution is -2.33. The molecule has 64 valence electrons. The van der Waals surface area contributed by atoms with Crippen molar-refractivity contribution >= 4 is 0 Å². The topological polar surface area (TPSA) is 43.7 Å². The van der Waals surface area contributed by atoms with Crippen LogP contribution in [0.15, 0.2) is 0 Å². The van der Waals surface area contributed by atoms with Crippen LogP contribution in [0, 0.1) is 12.3 Å². The maximum atomic E-state index is 8.62. The summed E-state index contributed by atoms with van der Waals surface area (Å²) in [6, 6.07) is 0. The first-order chi connectivity index (χ1) is 5.20. The zero-order valence-electron chi connectivity index (χ0n) is 6.82. The average molecular weight is 157 g/mol. The normalized spacial score (nSPS) is 10.5. The van der Waals surface area contributed by atoms with Gasteiger partial charge in [0.25, 0.3) is 0 Å². The van der Waals surface area contributed by atoms with E-state index in [1.807, 2.05) is 11.8 Å². The van der Waals surface area contributed by atoms with E-state index < -0.39 is 6.29 Å². The number of rotatable bonds is 5. The van der Waals surface area contributed by atoms with Crippen LogP contribution in [-0.2, 0) is 0 Å². The number of aliphatic hydroxyl groups is 2. The molecule has 2 N–H and O–H groups in total. The molecular weight excluding hydrogens is 142 g/mol. The Hall–Kier alpha value is -0.560. The second-order valence-electron chi connectivity index (χ2n) is 2.42. The van der Waals surface area contributed by atoms with Crippen LogP contribution >= 0.6 is 0 Å². The molecule has 0 aromatic heterocycles. The molecule has 0 amide bonds. The van der Waals surface area contributed by atoms with E-state index in [9.17, 15) is 0 Å². The molecule has 0 aliphatic carbocycles. The minimum Gasteiger partial charge on any atom is -0.367 e. The van der Waals surface area contributed by atoms with Crippen LogP contribution in [0.1, 0.15) is 13.3 Å². The molecule has 0 fully saturated rings. The van der Waals surface area contributed by atoms with Gasteiger partial charge in [-0.15, -0.1) is 6.42 Å². The van der Waals surface area contributed by atoms with E-state index in [2.05, 4.69) is 5.92 Å². The SMILES string of the molecule is C#CCN(CCC)CC(O)O. The Morgan fingerprint density at radius 1 is 1.55 bits per heavy atom. The van der Waals surface area contributed by atoms with Crippen molar-refractivity contribution < 1.29 is 10.2 Å². The molecule has 0 bridgehead atoms. The van der Waals surface area contributed by atoms with E-state index in [4.69, 9.17) is 16.6 Å². The third-order valence-electron chi connectivity index (χ3n) is 1.28. The van der Waals surface area contributed by atoms with Gasteiger partial charge in [0, 0.05) is 6.54 Å². The summed E-state index contributed by atoms with van der Waals surface area (Å²) < 4.78 is 0. The molecule has 0 heterocycles. The molecule has 0 aliphatic heterocycles. The van der Waals surface area contributed by atoms with Crippen molar-refractivity contribution in [2.24, 2.45) is 0 Å². The molecule has 0 saturated heterocycles. The molecule has 0 aromatic carbocycles. The maximum absolute atomic E-state index is 8.62. The van der Waals surface area contributed by atoms with Crippen molar-refractivity contribution in [1.29, 1.82) is 0 Å². The third-order valence-corrected chi connectivity index (χ3v) is 1.28. The molecule has 3 nitrogen and oxygen atoms in total. The highest BCUT2D eigenvalue weighted by atomic mass is 16.5. The van der Waals surface area contributed by atoms with Gasteiger partial charge in [-0.05, 0) is 13.0 Å². The molecular formula is C8H15NO2. The zero-order chi connectivity index (χ0) is 8.69. The summed E-state index contributed by atoms with van der Waals surface area (Å²) in [5, 5.41) is 17.2. The summed E-state index contributed by atoms with van der Waals surface area (Å²) in [6.07, 6.45) is 4.76. The molecule has 0 saturated carbocycles. The number of terminal acetylenes is 1. The Morgan fingerprint density at radius 2 is 2.18 bits per heavy atom. The highest BCUT2D eigenvalue weighted by molar-refractivity contribution is 4.88. The number of nitrogens with zero attached hydrogens (tertiary/aromatic N) is 1. The van der Waals surface area contributed by atoms with Crippen molar-refractivity contribution in [3.05, 3.63) is 0 Å². The van der Waals surface area contributed by atoms with E-state index in [1.54, 1.807) is 0 Å². The molecule has 11 heavy (non-hydrogen) atoms. The van der Waals surface area contributed by atoms with E-state index in [1.165, 1.54) is 0 Å². The summed E-state index contributed by atoms with van der Waals surface area (Å²) in [5.74, 6) is 2.46. The van der Waals surface area contributed by atoms with E-state index >= 15 is 0 Å². The van der Waals surface area contributed by atoms with Crippen molar-refractivity contribution in [2.75, 3.05) is 19.6 Å². The molecule has 3 heteroatoms. The monoisotopic (exact) mass is 157 g/mol. The Morgan fingerprint density at radius 3 is 2.55 bits per heavy atom. The fourth-order valence-electron chi connectivity index (χ4n) is 0.911. The summed E-state index contributed by atoms with van der Waals surface area (Å²) >= 11 is 0. The fraction of sp³-hybridized carbons (Fsp3) is 0.750. The quantitative estimate of drug-likeness (QED) is 0.423. The molecule has 0 unspecified atom stereocenters. The lowest BCUT2D eigenvalue weighted by atomic mass is 10.4. The van der Waals surface area contributed by atoms with Gasteiger partial charge in [-0.3, -0.25) is 4.90 Å². The number of hydrogen-bond donors (Lipinski definition) is 2. The van der Waals surface area contributed by atoms with Crippen molar-refractivity contribution in [1.82, 2.24) is 4.90 Å². The summed E-state index contributed by atoms with van der Waals surface area (Å²) in [6.45, 7) is 3.54. The Kier molecular flexibility index (Phi) is 5.86. The van der Waals surface area contributed by atoms with E-state index in [0.29, 0.717) is 6.54 Å². The summed E-state index contributed by atoms with van der Waals surface area (Å²) in [7, 11) is 0. The van der Waals surface area contributed by atoms with Gasteiger partial charge in [0.1, 0.15) is 0 Å². The Labute approximate surface area is 67.6 Å². The van der Waals surface area contributed by atoms with Crippen LogP contribution in [0.5, 0.6) is 0 Å². The molecule has 0 aliphatic rings. The minimum atomic E-state index is -1.28. The molecule has 0 spiro atoms. The van der Waals surface area contributed by atoms with Gasteiger partial charge in [-0.2, -0.15) is 0 Å². The maximum Gasteiger partial charge on any atom is 0.164 e. The standard InChI is InChI=1S/C8H15NO2/c1-3-5-9(6-4-2)7-8(10)11/h1,8,10-11H,4-7H2,2H3. The Bertz CT molecular complexity index is 129. The van der Waals surface area contributed by atoms with Crippen molar-refractivity contribution in [3.63, 3.8) is 0 Å². The molecule has 0 rings (SSSR count). The largest absolute Gasteiger partial charge is 0.367 e. The van der Waals surface area contributed by atoms with Gasteiger partial charge < -0.3 is 10.2 Å². The zero-order valence-corrected chi connectivity index (χ0v) is 6.82. The molecule has 0 radical (unpaired) electrons. The average Bonchev–Trinajstić information content (AvgIpc) is 1.87. The predicted molar refractivity (Wildman–Crippen MR) is 43.8 cm³/mol.